The normalized spacial score (nSPS) is 18.5. The van der Waals surface area contributed by atoms with Gasteiger partial charge in [-0.3, -0.25) is 4.79 Å². The van der Waals surface area contributed by atoms with E-state index in [0.29, 0.717) is 0 Å². The van der Waals surface area contributed by atoms with Gasteiger partial charge in [0, 0.05) is 12.7 Å². The molecule has 0 saturated heterocycles. The largest absolute Gasteiger partial charge is 0.370 e. The Morgan fingerprint density at radius 3 is 2.05 bits per heavy atom. The van der Waals surface area contributed by atoms with Gasteiger partial charge in [0.2, 0.25) is 0 Å². The molecule has 1 aromatic rings. The zero-order chi connectivity index (χ0) is 14.1. The minimum atomic E-state index is -0.566. The van der Waals surface area contributed by atoms with Crippen LogP contribution >= 0.6 is 0 Å². The molecule has 0 aromatic heterocycles. The smallest absolute Gasteiger partial charge is 0.194 e. The molecule has 19 heavy (non-hydrogen) atoms. The lowest BCUT2D eigenvalue weighted by Gasteiger charge is -2.26. The number of ketones is 1. The van der Waals surface area contributed by atoms with Crippen molar-refractivity contribution in [1.29, 1.82) is 0 Å². The van der Waals surface area contributed by atoms with Crippen LogP contribution in [0.3, 0.4) is 0 Å². The number of hydrogen-bond acceptors (Lipinski definition) is 2. The second-order valence-electron chi connectivity index (χ2n) is 6.56. The molecule has 2 heteroatoms. The van der Waals surface area contributed by atoms with E-state index >= 15 is 0 Å². The lowest BCUT2D eigenvalue weighted by atomic mass is 9.85. The average molecular weight is 260 g/mol. The van der Waals surface area contributed by atoms with Crippen LogP contribution in [0.2, 0.25) is 0 Å². The van der Waals surface area contributed by atoms with Crippen LogP contribution in [0.15, 0.2) is 24.3 Å². The average Bonchev–Trinajstić information content (AvgIpc) is 2.87. The zero-order valence-electron chi connectivity index (χ0n) is 12.5. The van der Waals surface area contributed by atoms with Gasteiger partial charge in [-0.25, -0.2) is 0 Å². The minimum Gasteiger partial charge on any atom is -0.370 e. The fraction of sp³-hybridized carbons (Fsp3) is 0.588. The van der Waals surface area contributed by atoms with Crippen molar-refractivity contribution in [3.63, 3.8) is 0 Å². The Hall–Kier alpha value is -1.15. The van der Waals surface area contributed by atoms with Gasteiger partial charge in [0.05, 0.1) is 0 Å². The summed E-state index contributed by atoms with van der Waals surface area (Å²) in [5.74, 6) is 0.146. The van der Waals surface area contributed by atoms with E-state index in [0.717, 1.165) is 31.2 Å². The molecule has 1 fully saturated rings. The second kappa shape index (κ2) is 5.09. The summed E-state index contributed by atoms with van der Waals surface area (Å²) in [7, 11) is 1.66. The Kier molecular flexibility index (Phi) is 3.82. The Balaban J connectivity index is 2.25. The third kappa shape index (κ3) is 2.74. The van der Waals surface area contributed by atoms with Gasteiger partial charge >= 0.3 is 0 Å². The third-order valence-electron chi connectivity index (χ3n) is 4.23. The van der Waals surface area contributed by atoms with Crippen molar-refractivity contribution >= 4 is 5.78 Å². The molecule has 0 spiro atoms. The Morgan fingerprint density at radius 1 is 1.11 bits per heavy atom. The van der Waals surface area contributed by atoms with Gasteiger partial charge in [-0.05, 0) is 36.7 Å². The fourth-order valence-corrected chi connectivity index (χ4v) is 2.85. The first-order valence-electron chi connectivity index (χ1n) is 7.09. The summed E-state index contributed by atoms with van der Waals surface area (Å²) in [6.45, 7) is 6.53. The molecule has 2 nitrogen and oxygen atoms in total. The first-order chi connectivity index (χ1) is 8.89. The maximum atomic E-state index is 12.6. The monoisotopic (exact) mass is 260 g/mol. The number of carbonyl (C=O) groups excluding carboxylic acids is 1. The number of methoxy groups -OCH3 is 1. The van der Waals surface area contributed by atoms with Crippen molar-refractivity contribution in [2.75, 3.05) is 7.11 Å². The quantitative estimate of drug-likeness (QED) is 0.764. The topological polar surface area (TPSA) is 26.3 Å². The summed E-state index contributed by atoms with van der Waals surface area (Å²) >= 11 is 0. The molecule has 0 radical (unpaired) electrons. The van der Waals surface area contributed by atoms with E-state index in [9.17, 15) is 4.79 Å². The molecular formula is C17H24O2. The van der Waals surface area contributed by atoms with E-state index in [1.165, 1.54) is 5.56 Å². The molecule has 0 heterocycles. The van der Waals surface area contributed by atoms with E-state index in [2.05, 4.69) is 32.9 Å². The zero-order valence-corrected chi connectivity index (χ0v) is 12.5. The van der Waals surface area contributed by atoms with Gasteiger partial charge in [-0.2, -0.15) is 0 Å². The summed E-state index contributed by atoms with van der Waals surface area (Å²) in [5.41, 5.74) is 1.58. The Labute approximate surface area is 116 Å². The number of benzene rings is 1. The van der Waals surface area contributed by atoms with Gasteiger partial charge in [-0.15, -0.1) is 0 Å². The van der Waals surface area contributed by atoms with Crippen molar-refractivity contribution in [3.8, 4) is 0 Å². The molecule has 1 aliphatic rings. The standard InChI is InChI=1S/C17H24O2/c1-16(2,3)14-9-7-13(8-10-14)15(18)17(19-4)11-5-6-12-17/h7-10H,5-6,11-12H2,1-4H3. The summed E-state index contributed by atoms with van der Waals surface area (Å²) < 4.78 is 5.56. The molecule has 0 atom stereocenters. The van der Waals surface area contributed by atoms with Gasteiger partial charge in [0.15, 0.2) is 5.78 Å². The van der Waals surface area contributed by atoms with E-state index in [1.807, 2.05) is 12.1 Å². The molecule has 1 aromatic carbocycles. The van der Waals surface area contributed by atoms with Crippen molar-refractivity contribution in [1.82, 2.24) is 0 Å². The summed E-state index contributed by atoms with van der Waals surface area (Å²) in [4.78, 5) is 12.6. The fourth-order valence-electron chi connectivity index (χ4n) is 2.85. The van der Waals surface area contributed by atoms with E-state index < -0.39 is 5.60 Å². The van der Waals surface area contributed by atoms with Crippen LogP contribution in [0.25, 0.3) is 0 Å². The number of ether oxygens (including phenoxy) is 1. The number of carbonyl (C=O) groups is 1. The van der Waals surface area contributed by atoms with Crippen LogP contribution in [-0.2, 0) is 10.2 Å². The van der Waals surface area contributed by atoms with Crippen LogP contribution < -0.4 is 0 Å². The van der Waals surface area contributed by atoms with Crippen molar-refractivity contribution in [2.45, 2.75) is 57.5 Å². The molecule has 0 bridgehead atoms. The van der Waals surface area contributed by atoms with Crippen molar-refractivity contribution in [2.24, 2.45) is 0 Å². The first kappa shape index (κ1) is 14.3. The molecular weight excluding hydrogens is 236 g/mol. The number of rotatable bonds is 3. The van der Waals surface area contributed by atoms with Gasteiger partial charge in [-0.1, -0.05) is 45.0 Å². The molecule has 0 N–H and O–H groups in total. The van der Waals surface area contributed by atoms with E-state index in [1.54, 1.807) is 7.11 Å². The Morgan fingerprint density at radius 2 is 1.63 bits per heavy atom. The molecule has 0 amide bonds. The summed E-state index contributed by atoms with van der Waals surface area (Å²) in [6.07, 6.45) is 3.87. The van der Waals surface area contributed by atoms with Gasteiger partial charge < -0.3 is 4.74 Å². The molecule has 104 valence electrons. The second-order valence-corrected chi connectivity index (χ2v) is 6.56. The summed E-state index contributed by atoms with van der Waals surface area (Å²) in [5, 5.41) is 0. The first-order valence-corrected chi connectivity index (χ1v) is 7.09. The van der Waals surface area contributed by atoms with Crippen LogP contribution in [0.5, 0.6) is 0 Å². The lowest BCUT2D eigenvalue weighted by Crippen LogP contribution is -2.37. The highest BCUT2D eigenvalue weighted by Gasteiger charge is 2.41. The molecule has 1 aliphatic carbocycles. The summed E-state index contributed by atoms with van der Waals surface area (Å²) in [6, 6.07) is 8.01. The predicted molar refractivity (Wildman–Crippen MR) is 77.7 cm³/mol. The number of hydrogen-bond donors (Lipinski definition) is 0. The van der Waals surface area contributed by atoms with Crippen molar-refractivity contribution < 1.29 is 9.53 Å². The molecule has 0 aliphatic heterocycles. The SMILES string of the molecule is COC1(C(=O)c2ccc(C(C)(C)C)cc2)CCCC1. The van der Waals surface area contributed by atoms with E-state index in [4.69, 9.17) is 4.74 Å². The molecule has 2 rings (SSSR count). The van der Waals surface area contributed by atoms with E-state index in [-0.39, 0.29) is 11.2 Å². The maximum absolute atomic E-state index is 12.6. The van der Waals surface area contributed by atoms with Crippen molar-refractivity contribution in [3.05, 3.63) is 35.4 Å². The molecule has 1 saturated carbocycles. The van der Waals surface area contributed by atoms with Crippen LogP contribution in [0, 0.1) is 0 Å². The predicted octanol–water partition coefficient (Wildman–Crippen LogP) is 4.13. The minimum absolute atomic E-state index is 0.119. The Bertz CT molecular complexity index is 445. The lowest BCUT2D eigenvalue weighted by molar-refractivity contribution is 0.00602. The maximum Gasteiger partial charge on any atom is 0.194 e. The van der Waals surface area contributed by atoms with Crippen LogP contribution in [0.4, 0.5) is 0 Å². The van der Waals surface area contributed by atoms with Crippen LogP contribution in [-0.4, -0.2) is 18.5 Å². The number of Topliss-reactive ketones (excluding diaryl/α,β-unsaturated/α-hetero) is 1. The van der Waals surface area contributed by atoms with Gasteiger partial charge in [0.1, 0.15) is 5.60 Å². The van der Waals surface area contributed by atoms with Crippen LogP contribution in [0.1, 0.15) is 62.4 Å². The molecule has 0 unspecified atom stereocenters. The highest BCUT2D eigenvalue weighted by atomic mass is 16.5. The van der Waals surface area contributed by atoms with Gasteiger partial charge in [0.25, 0.3) is 0 Å². The third-order valence-corrected chi connectivity index (χ3v) is 4.23. The highest BCUT2D eigenvalue weighted by molar-refractivity contribution is 6.02. The highest BCUT2D eigenvalue weighted by Crippen LogP contribution is 2.36.